The topological polar surface area (TPSA) is 83.9 Å². The van der Waals surface area contributed by atoms with E-state index in [1.165, 1.54) is 6.92 Å². The number of piperidine rings is 1. The Morgan fingerprint density at radius 2 is 2.05 bits per heavy atom. The van der Waals surface area contributed by atoms with E-state index in [9.17, 15) is 26.4 Å². The summed E-state index contributed by atoms with van der Waals surface area (Å²) in [6.07, 6.45) is -3.71. The summed E-state index contributed by atoms with van der Waals surface area (Å²) in [6, 6.07) is -0.719. The van der Waals surface area contributed by atoms with Crippen molar-refractivity contribution in [1.82, 2.24) is 4.31 Å². The molecule has 0 aromatic carbocycles. The quantitative estimate of drug-likeness (QED) is 0.736. The molecule has 124 valence electrons. The van der Waals surface area contributed by atoms with Gasteiger partial charge in [0.25, 0.3) is 0 Å². The Bertz CT molecular complexity index is 465. The second-order valence-corrected chi connectivity index (χ2v) is 6.96. The lowest BCUT2D eigenvalue weighted by atomic mass is 9.92. The Hall–Kier alpha value is -0.870. The molecule has 1 aliphatic rings. The predicted molar refractivity (Wildman–Crippen MR) is 67.2 cm³/mol. The fourth-order valence-electron chi connectivity index (χ4n) is 2.30. The van der Waals surface area contributed by atoms with Crippen molar-refractivity contribution >= 4 is 16.0 Å². The van der Waals surface area contributed by atoms with Gasteiger partial charge >= 0.3 is 12.1 Å². The number of carbonyl (C=O) groups is 1. The van der Waals surface area contributed by atoms with Gasteiger partial charge in [-0.15, -0.1) is 0 Å². The van der Waals surface area contributed by atoms with Crippen LogP contribution in [0.2, 0.25) is 0 Å². The van der Waals surface area contributed by atoms with Crippen molar-refractivity contribution in [2.75, 3.05) is 25.5 Å². The molecule has 6 nitrogen and oxygen atoms in total. The van der Waals surface area contributed by atoms with Crippen molar-refractivity contribution in [1.29, 1.82) is 0 Å². The molecular formula is C11H18F3NO5S. The van der Waals surface area contributed by atoms with Crippen LogP contribution in [0.3, 0.4) is 0 Å². The molecule has 1 saturated heterocycles. The fourth-order valence-corrected chi connectivity index (χ4v) is 3.93. The smallest absolute Gasteiger partial charge is 0.411 e. The van der Waals surface area contributed by atoms with Gasteiger partial charge in [0.2, 0.25) is 10.0 Å². The lowest BCUT2D eigenvalue weighted by molar-refractivity contribution is -0.172. The lowest BCUT2D eigenvalue weighted by Gasteiger charge is -2.36. The van der Waals surface area contributed by atoms with Crippen molar-refractivity contribution in [3.8, 4) is 0 Å². The molecule has 1 heterocycles. The number of halogens is 3. The summed E-state index contributed by atoms with van der Waals surface area (Å²) in [7, 11) is -3.84. The number of hydrogen-bond acceptors (Lipinski definition) is 4. The molecule has 0 aromatic rings. The standard InChI is InChI=1S/C11H18F3NO5S/c1-8-9(10(16)17)3-2-4-15(8)21(18,19)6-5-20-7-11(12,13)14/h8-9H,2-7H2,1H3,(H,16,17)/t8-,9-/m1/s1. The third-order valence-corrected chi connectivity index (χ3v) is 5.27. The molecule has 0 bridgehead atoms. The van der Waals surface area contributed by atoms with Crippen molar-refractivity contribution < 1.29 is 36.2 Å². The summed E-state index contributed by atoms with van der Waals surface area (Å²) in [6.45, 7) is -0.419. The van der Waals surface area contributed by atoms with Gasteiger partial charge in [0.15, 0.2) is 0 Å². The van der Waals surface area contributed by atoms with Gasteiger partial charge in [-0.05, 0) is 19.8 Å². The van der Waals surface area contributed by atoms with Crippen LogP contribution in [0.15, 0.2) is 0 Å². The number of nitrogens with zero attached hydrogens (tertiary/aromatic N) is 1. The van der Waals surface area contributed by atoms with E-state index in [4.69, 9.17) is 5.11 Å². The minimum absolute atomic E-state index is 0.173. The van der Waals surface area contributed by atoms with Crippen molar-refractivity contribution in [2.45, 2.75) is 32.0 Å². The molecule has 2 atom stereocenters. The highest BCUT2D eigenvalue weighted by Gasteiger charge is 2.38. The molecular weight excluding hydrogens is 315 g/mol. The van der Waals surface area contributed by atoms with Gasteiger partial charge in [-0.2, -0.15) is 17.5 Å². The average Bonchev–Trinajstić information content (AvgIpc) is 2.33. The minimum Gasteiger partial charge on any atom is -0.481 e. The highest BCUT2D eigenvalue weighted by molar-refractivity contribution is 7.89. The van der Waals surface area contributed by atoms with Gasteiger partial charge in [-0.1, -0.05) is 0 Å². The summed E-state index contributed by atoms with van der Waals surface area (Å²) >= 11 is 0. The molecule has 1 N–H and O–H groups in total. The maximum atomic E-state index is 12.1. The van der Waals surface area contributed by atoms with E-state index in [2.05, 4.69) is 4.74 Å². The molecule has 10 heteroatoms. The second kappa shape index (κ2) is 6.93. The first kappa shape index (κ1) is 18.2. The maximum absolute atomic E-state index is 12.1. The minimum atomic E-state index is -4.50. The van der Waals surface area contributed by atoms with Crippen molar-refractivity contribution in [2.24, 2.45) is 5.92 Å². The number of sulfonamides is 1. The number of alkyl halides is 3. The van der Waals surface area contributed by atoms with E-state index >= 15 is 0 Å². The van der Waals surface area contributed by atoms with Crippen LogP contribution in [0, 0.1) is 5.92 Å². The van der Waals surface area contributed by atoms with Gasteiger partial charge in [-0.3, -0.25) is 4.79 Å². The average molecular weight is 333 g/mol. The molecule has 0 unspecified atom stereocenters. The predicted octanol–water partition coefficient (Wildman–Crippen LogP) is 1.08. The van der Waals surface area contributed by atoms with Crippen LogP contribution in [0.25, 0.3) is 0 Å². The molecule has 1 aliphatic heterocycles. The van der Waals surface area contributed by atoms with Gasteiger partial charge in [0.05, 0.1) is 18.3 Å². The zero-order chi connectivity index (χ0) is 16.3. The molecule has 1 rings (SSSR count). The molecule has 0 saturated carbocycles. The van der Waals surface area contributed by atoms with Crippen LogP contribution < -0.4 is 0 Å². The van der Waals surface area contributed by atoms with E-state index < -0.39 is 53.1 Å². The second-order valence-electron chi connectivity index (χ2n) is 4.92. The third-order valence-electron chi connectivity index (χ3n) is 3.36. The zero-order valence-corrected chi connectivity index (χ0v) is 12.3. The number of rotatable bonds is 6. The maximum Gasteiger partial charge on any atom is 0.411 e. The van der Waals surface area contributed by atoms with E-state index in [1.807, 2.05) is 0 Å². The van der Waals surface area contributed by atoms with Crippen molar-refractivity contribution in [3.05, 3.63) is 0 Å². The Balaban J connectivity index is 2.59. The summed E-state index contributed by atoms with van der Waals surface area (Å²) in [5.74, 6) is -2.47. The van der Waals surface area contributed by atoms with Crippen LogP contribution in [0.1, 0.15) is 19.8 Å². The Morgan fingerprint density at radius 3 is 2.57 bits per heavy atom. The Kier molecular flexibility index (Phi) is 6.00. The lowest BCUT2D eigenvalue weighted by Crippen LogP contribution is -2.50. The molecule has 0 radical (unpaired) electrons. The van der Waals surface area contributed by atoms with Crippen LogP contribution >= 0.6 is 0 Å². The summed E-state index contributed by atoms with van der Waals surface area (Å²) in [4.78, 5) is 11.0. The largest absolute Gasteiger partial charge is 0.481 e. The molecule has 0 aromatic heterocycles. The first-order valence-electron chi connectivity index (χ1n) is 6.41. The normalized spacial score (nSPS) is 25.0. The number of hydrogen-bond donors (Lipinski definition) is 1. The van der Waals surface area contributed by atoms with Crippen LogP contribution in [-0.2, 0) is 19.6 Å². The number of carboxylic acids is 1. The summed E-state index contributed by atoms with van der Waals surface area (Å²) < 4.78 is 65.1. The van der Waals surface area contributed by atoms with Gasteiger partial charge < -0.3 is 9.84 Å². The summed E-state index contributed by atoms with van der Waals surface area (Å²) in [5.41, 5.74) is 0. The molecule has 0 amide bonds. The van der Waals surface area contributed by atoms with E-state index in [1.54, 1.807) is 0 Å². The van der Waals surface area contributed by atoms with Crippen LogP contribution in [0.4, 0.5) is 13.2 Å². The number of ether oxygens (including phenoxy) is 1. The first-order valence-corrected chi connectivity index (χ1v) is 8.02. The number of aliphatic carboxylic acids is 1. The van der Waals surface area contributed by atoms with E-state index in [-0.39, 0.29) is 6.54 Å². The first-order chi connectivity index (χ1) is 9.54. The fraction of sp³-hybridized carbons (Fsp3) is 0.909. The molecule has 21 heavy (non-hydrogen) atoms. The van der Waals surface area contributed by atoms with Gasteiger partial charge in [0, 0.05) is 12.6 Å². The Morgan fingerprint density at radius 1 is 1.43 bits per heavy atom. The monoisotopic (exact) mass is 333 g/mol. The van der Waals surface area contributed by atoms with Gasteiger partial charge in [0.1, 0.15) is 6.61 Å². The molecule has 1 fully saturated rings. The van der Waals surface area contributed by atoms with E-state index in [0.717, 1.165) is 4.31 Å². The SMILES string of the molecule is C[C@@H]1[C@H](C(=O)O)CCCN1S(=O)(=O)CCOCC(F)(F)F. The molecule has 0 aliphatic carbocycles. The Labute approximate surface area is 120 Å². The highest BCUT2D eigenvalue weighted by Crippen LogP contribution is 2.26. The van der Waals surface area contributed by atoms with Crippen LogP contribution in [-0.4, -0.2) is 61.5 Å². The van der Waals surface area contributed by atoms with E-state index in [0.29, 0.717) is 12.8 Å². The van der Waals surface area contributed by atoms with Gasteiger partial charge in [-0.25, -0.2) is 8.42 Å². The molecule has 0 spiro atoms. The third kappa shape index (κ3) is 5.44. The highest BCUT2D eigenvalue weighted by atomic mass is 32.2. The summed E-state index contributed by atoms with van der Waals surface area (Å²) in [5, 5.41) is 9.02. The zero-order valence-electron chi connectivity index (χ0n) is 11.5. The number of carboxylic acid groups (broad SMARTS) is 1. The van der Waals surface area contributed by atoms with Crippen LogP contribution in [0.5, 0.6) is 0 Å². The van der Waals surface area contributed by atoms with Crippen molar-refractivity contribution in [3.63, 3.8) is 0 Å².